The molecule has 0 bridgehead atoms. The lowest BCUT2D eigenvalue weighted by atomic mass is 9.90. The van der Waals surface area contributed by atoms with Gasteiger partial charge in [-0.05, 0) is 32.9 Å². The maximum absolute atomic E-state index is 14.1. The number of esters is 1. The summed E-state index contributed by atoms with van der Waals surface area (Å²) < 4.78 is 13.1. The number of amides is 1. The standard InChI is InChI=1S/C31H31N5O5/c1-30(2,3)41-29(39)35-19-33-26-22(15-10-16-23(26)35)34-27(37)24-17-32-18-25-28(38)40-31(36(24)25,20-11-6-4-7-12-20)21-13-8-5-9-14-21/h4-16,19,24-25,32H,17-18H2,1-3H3,(H,34,37). The van der Waals surface area contributed by atoms with Crippen molar-refractivity contribution < 1.29 is 23.9 Å². The Hall–Kier alpha value is -4.54. The van der Waals surface area contributed by atoms with Gasteiger partial charge in [0.2, 0.25) is 11.6 Å². The van der Waals surface area contributed by atoms with Crippen LogP contribution in [0.3, 0.4) is 0 Å². The minimum atomic E-state index is -1.29. The van der Waals surface area contributed by atoms with E-state index >= 15 is 0 Å². The van der Waals surface area contributed by atoms with Gasteiger partial charge in [0, 0.05) is 24.2 Å². The van der Waals surface area contributed by atoms with Crippen LogP contribution in [0.1, 0.15) is 31.9 Å². The third kappa shape index (κ3) is 4.64. The molecule has 2 N–H and O–H groups in total. The monoisotopic (exact) mass is 553 g/mol. The third-order valence-corrected chi connectivity index (χ3v) is 7.29. The van der Waals surface area contributed by atoms with Gasteiger partial charge in [-0.2, -0.15) is 0 Å². The van der Waals surface area contributed by atoms with Crippen molar-refractivity contribution in [2.45, 2.75) is 44.2 Å². The van der Waals surface area contributed by atoms with Gasteiger partial charge in [-0.3, -0.25) is 9.59 Å². The zero-order valence-corrected chi connectivity index (χ0v) is 23.0. The lowest BCUT2D eigenvalue weighted by Gasteiger charge is -2.44. The largest absolute Gasteiger partial charge is 0.443 e. The zero-order chi connectivity index (χ0) is 28.8. The number of anilines is 1. The molecule has 4 aromatic rings. The molecule has 3 aromatic carbocycles. The highest BCUT2D eigenvalue weighted by Gasteiger charge is 2.60. The topological polar surface area (TPSA) is 115 Å². The molecule has 1 amide bonds. The summed E-state index contributed by atoms with van der Waals surface area (Å²) in [6.07, 6.45) is 0.820. The van der Waals surface area contributed by atoms with Crippen molar-refractivity contribution in [2.24, 2.45) is 0 Å². The predicted molar refractivity (Wildman–Crippen MR) is 152 cm³/mol. The molecule has 3 heterocycles. The van der Waals surface area contributed by atoms with Crippen LogP contribution in [0.15, 0.2) is 85.2 Å². The number of imidazole rings is 1. The van der Waals surface area contributed by atoms with Crippen molar-refractivity contribution >= 4 is 34.7 Å². The van der Waals surface area contributed by atoms with Crippen LogP contribution < -0.4 is 10.6 Å². The molecule has 2 unspecified atom stereocenters. The number of nitrogens with zero attached hydrogens (tertiary/aromatic N) is 3. The minimum Gasteiger partial charge on any atom is -0.443 e. The van der Waals surface area contributed by atoms with Gasteiger partial charge >= 0.3 is 12.1 Å². The molecule has 0 aliphatic carbocycles. The highest BCUT2D eigenvalue weighted by Crippen LogP contribution is 2.46. The maximum atomic E-state index is 14.1. The normalized spacial score (nSPS) is 20.3. The van der Waals surface area contributed by atoms with Gasteiger partial charge in [0.1, 0.15) is 29.5 Å². The smallest absolute Gasteiger partial charge is 0.420 e. The Kier molecular flexibility index (Phi) is 6.59. The van der Waals surface area contributed by atoms with E-state index in [4.69, 9.17) is 9.47 Å². The second-order valence-electron chi connectivity index (χ2n) is 11.2. The number of nitrogens with one attached hydrogen (secondary N) is 2. The molecule has 210 valence electrons. The number of para-hydroxylation sites is 1. The summed E-state index contributed by atoms with van der Waals surface area (Å²) in [5.41, 5.74) is 0.910. The molecule has 6 rings (SSSR count). The number of hydrogen-bond donors (Lipinski definition) is 2. The quantitative estimate of drug-likeness (QED) is 0.366. The van der Waals surface area contributed by atoms with E-state index in [0.717, 1.165) is 11.1 Å². The van der Waals surface area contributed by atoms with E-state index < -0.39 is 35.5 Å². The molecular formula is C31H31N5O5. The Labute approximate surface area is 237 Å². The second-order valence-corrected chi connectivity index (χ2v) is 11.2. The summed E-state index contributed by atoms with van der Waals surface area (Å²) in [6, 6.07) is 22.7. The summed E-state index contributed by atoms with van der Waals surface area (Å²) in [5, 5.41) is 6.25. The average molecular weight is 554 g/mol. The van der Waals surface area contributed by atoms with E-state index in [1.165, 1.54) is 10.9 Å². The Morgan fingerprint density at radius 1 is 0.976 bits per heavy atom. The van der Waals surface area contributed by atoms with Crippen LogP contribution in [-0.4, -0.2) is 63.2 Å². The van der Waals surface area contributed by atoms with Gasteiger partial charge < -0.3 is 20.1 Å². The Morgan fingerprint density at radius 2 is 1.63 bits per heavy atom. The molecule has 2 aliphatic heterocycles. The molecule has 10 nitrogen and oxygen atoms in total. The summed E-state index contributed by atoms with van der Waals surface area (Å²) >= 11 is 0. The number of ether oxygens (including phenoxy) is 2. The van der Waals surface area contributed by atoms with Crippen LogP contribution in [0, 0.1) is 0 Å². The molecular weight excluding hydrogens is 522 g/mol. The minimum absolute atomic E-state index is 0.294. The number of aromatic nitrogens is 2. The first-order valence-electron chi connectivity index (χ1n) is 13.5. The lowest BCUT2D eigenvalue weighted by molar-refractivity contribution is -0.152. The predicted octanol–water partition coefficient (Wildman–Crippen LogP) is 3.86. The van der Waals surface area contributed by atoms with Crippen molar-refractivity contribution in [1.82, 2.24) is 19.8 Å². The van der Waals surface area contributed by atoms with Gasteiger partial charge in [0.05, 0.1) is 11.2 Å². The number of cyclic esters (lactones) is 1. The SMILES string of the molecule is CC(C)(C)OC(=O)n1cnc2c(NC(=O)C3CNCC4C(=O)OC(c5ccccc5)(c5ccccc5)N34)cccc21. The number of fused-ring (bicyclic) bond motifs is 2. The first-order chi connectivity index (χ1) is 19.7. The highest BCUT2D eigenvalue weighted by atomic mass is 16.6. The molecule has 0 saturated carbocycles. The van der Waals surface area contributed by atoms with Crippen molar-refractivity contribution in [1.29, 1.82) is 0 Å². The zero-order valence-electron chi connectivity index (χ0n) is 23.0. The van der Waals surface area contributed by atoms with Crippen LogP contribution >= 0.6 is 0 Å². The molecule has 2 aliphatic rings. The Morgan fingerprint density at radius 3 is 2.27 bits per heavy atom. The van der Waals surface area contributed by atoms with Crippen molar-refractivity contribution in [3.05, 3.63) is 96.3 Å². The molecule has 2 atom stereocenters. The van der Waals surface area contributed by atoms with Crippen molar-refractivity contribution in [3.8, 4) is 0 Å². The van der Waals surface area contributed by atoms with Crippen molar-refractivity contribution in [2.75, 3.05) is 18.4 Å². The average Bonchev–Trinajstić information content (AvgIpc) is 3.54. The fourth-order valence-corrected chi connectivity index (χ4v) is 5.62. The number of rotatable bonds is 4. The van der Waals surface area contributed by atoms with E-state index in [1.54, 1.807) is 39.0 Å². The molecule has 2 fully saturated rings. The third-order valence-electron chi connectivity index (χ3n) is 7.29. The first kappa shape index (κ1) is 26.7. The second kappa shape index (κ2) is 10.1. The summed E-state index contributed by atoms with van der Waals surface area (Å²) in [6.45, 7) is 6.01. The summed E-state index contributed by atoms with van der Waals surface area (Å²) in [5.74, 6) is -0.739. The van der Waals surface area contributed by atoms with E-state index in [2.05, 4.69) is 15.6 Å². The first-order valence-corrected chi connectivity index (χ1v) is 13.5. The van der Waals surface area contributed by atoms with E-state index in [-0.39, 0.29) is 5.91 Å². The number of carbonyl (C=O) groups is 3. The highest BCUT2D eigenvalue weighted by molar-refractivity contribution is 6.03. The molecule has 0 radical (unpaired) electrons. The molecule has 0 spiro atoms. The lowest BCUT2D eigenvalue weighted by Crippen LogP contribution is -2.65. The van der Waals surface area contributed by atoms with E-state index in [9.17, 15) is 14.4 Å². The number of piperazine rings is 1. The molecule has 2 saturated heterocycles. The van der Waals surface area contributed by atoms with E-state index in [1.807, 2.05) is 65.6 Å². The van der Waals surface area contributed by atoms with Gasteiger partial charge in [-0.15, -0.1) is 0 Å². The van der Waals surface area contributed by atoms with Crippen LogP contribution in [-0.2, 0) is 24.8 Å². The van der Waals surface area contributed by atoms with E-state index in [0.29, 0.717) is 29.8 Å². The van der Waals surface area contributed by atoms with Gasteiger partial charge in [-0.1, -0.05) is 66.7 Å². The van der Waals surface area contributed by atoms with Crippen LogP contribution in [0.5, 0.6) is 0 Å². The number of benzene rings is 3. The Balaban J connectivity index is 1.38. The number of hydrogen-bond acceptors (Lipinski definition) is 8. The maximum Gasteiger partial charge on any atom is 0.420 e. The van der Waals surface area contributed by atoms with Crippen LogP contribution in [0.2, 0.25) is 0 Å². The van der Waals surface area contributed by atoms with Crippen LogP contribution in [0.4, 0.5) is 10.5 Å². The molecule has 41 heavy (non-hydrogen) atoms. The van der Waals surface area contributed by atoms with Gasteiger partial charge in [0.25, 0.3) is 0 Å². The summed E-state index contributed by atoms with van der Waals surface area (Å²) in [7, 11) is 0. The fraction of sp³-hybridized carbons (Fsp3) is 0.290. The molecule has 10 heteroatoms. The van der Waals surface area contributed by atoms with Gasteiger partial charge in [0.15, 0.2) is 0 Å². The van der Waals surface area contributed by atoms with Gasteiger partial charge in [-0.25, -0.2) is 19.2 Å². The number of carbonyl (C=O) groups excluding carboxylic acids is 3. The summed E-state index contributed by atoms with van der Waals surface area (Å²) in [4.78, 5) is 46.5. The fourth-order valence-electron chi connectivity index (χ4n) is 5.62. The molecule has 1 aromatic heterocycles. The van der Waals surface area contributed by atoms with Crippen molar-refractivity contribution in [3.63, 3.8) is 0 Å². The van der Waals surface area contributed by atoms with Crippen LogP contribution in [0.25, 0.3) is 11.0 Å². The Bertz CT molecular complexity index is 1570.